The van der Waals surface area contributed by atoms with Crippen molar-refractivity contribution in [3.8, 4) is 0 Å². The van der Waals surface area contributed by atoms with Crippen LogP contribution in [-0.2, 0) is 0 Å². The van der Waals surface area contributed by atoms with Crippen molar-refractivity contribution in [1.82, 2.24) is 15.3 Å². The van der Waals surface area contributed by atoms with Gasteiger partial charge >= 0.3 is 6.03 Å². The Morgan fingerprint density at radius 1 is 1.38 bits per heavy atom. The monoisotopic (exact) mass is 222 g/mol. The molecule has 2 N–H and O–H groups in total. The van der Waals surface area contributed by atoms with E-state index in [0.29, 0.717) is 17.6 Å². The zero-order chi connectivity index (χ0) is 12.1. The van der Waals surface area contributed by atoms with Gasteiger partial charge in [0.1, 0.15) is 11.6 Å². The maximum atomic E-state index is 11.6. The van der Waals surface area contributed by atoms with Crippen molar-refractivity contribution in [2.75, 3.05) is 5.32 Å². The number of rotatable bonds is 3. The van der Waals surface area contributed by atoms with Crippen LogP contribution in [0.1, 0.15) is 26.6 Å². The molecule has 1 heterocycles. The molecule has 2 amide bonds. The van der Waals surface area contributed by atoms with Crippen LogP contribution >= 0.6 is 0 Å². The number of hydrogen-bond acceptors (Lipinski definition) is 3. The number of urea groups is 1. The fourth-order valence-electron chi connectivity index (χ4n) is 1.05. The van der Waals surface area contributed by atoms with Crippen LogP contribution in [0.5, 0.6) is 0 Å². The summed E-state index contributed by atoms with van der Waals surface area (Å²) in [4.78, 5) is 19.6. The molecule has 0 saturated carbocycles. The molecule has 0 spiro atoms. The molecular weight excluding hydrogens is 204 g/mol. The lowest BCUT2D eigenvalue weighted by Crippen LogP contribution is -2.39. The number of anilines is 1. The van der Waals surface area contributed by atoms with E-state index in [1.807, 2.05) is 6.92 Å². The molecule has 0 aliphatic rings. The molecule has 0 bridgehead atoms. The first-order valence-electron chi connectivity index (χ1n) is 5.36. The molecule has 5 nitrogen and oxygen atoms in total. The molecule has 0 fully saturated rings. The first kappa shape index (κ1) is 12.4. The number of hydrogen-bond donors (Lipinski definition) is 2. The van der Waals surface area contributed by atoms with E-state index >= 15 is 0 Å². The van der Waals surface area contributed by atoms with Gasteiger partial charge in [0.05, 0.1) is 0 Å². The van der Waals surface area contributed by atoms with E-state index in [9.17, 15) is 4.79 Å². The van der Waals surface area contributed by atoms with Crippen LogP contribution in [0, 0.1) is 12.8 Å². The number of nitrogens with zero attached hydrogens (tertiary/aromatic N) is 2. The van der Waals surface area contributed by atoms with Gasteiger partial charge in [-0.25, -0.2) is 14.8 Å². The van der Waals surface area contributed by atoms with Gasteiger partial charge in [0.25, 0.3) is 0 Å². The number of amides is 2. The van der Waals surface area contributed by atoms with Crippen LogP contribution in [0.3, 0.4) is 0 Å². The minimum absolute atomic E-state index is 0.128. The molecule has 1 aromatic heterocycles. The Morgan fingerprint density at radius 3 is 2.62 bits per heavy atom. The predicted molar refractivity (Wildman–Crippen MR) is 63.2 cm³/mol. The zero-order valence-electron chi connectivity index (χ0n) is 10.1. The molecule has 16 heavy (non-hydrogen) atoms. The van der Waals surface area contributed by atoms with Crippen molar-refractivity contribution < 1.29 is 4.79 Å². The summed E-state index contributed by atoms with van der Waals surface area (Å²) in [5, 5.41) is 5.50. The summed E-state index contributed by atoms with van der Waals surface area (Å²) >= 11 is 0. The van der Waals surface area contributed by atoms with Gasteiger partial charge < -0.3 is 5.32 Å². The highest BCUT2D eigenvalue weighted by Gasteiger charge is 2.10. The topological polar surface area (TPSA) is 66.9 Å². The van der Waals surface area contributed by atoms with E-state index in [1.165, 1.54) is 0 Å². The third-order valence-corrected chi connectivity index (χ3v) is 2.38. The molecule has 0 unspecified atom stereocenters. The molecule has 0 saturated heterocycles. The molecule has 0 aromatic carbocycles. The van der Waals surface area contributed by atoms with E-state index in [-0.39, 0.29) is 12.1 Å². The van der Waals surface area contributed by atoms with E-state index in [4.69, 9.17) is 0 Å². The van der Waals surface area contributed by atoms with Crippen molar-refractivity contribution in [3.05, 3.63) is 18.1 Å². The largest absolute Gasteiger partial charge is 0.335 e. The van der Waals surface area contributed by atoms with Gasteiger partial charge in [-0.2, -0.15) is 0 Å². The Kier molecular flexibility index (Phi) is 4.22. The van der Waals surface area contributed by atoms with Crippen molar-refractivity contribution in [2.45, 2.75) is 33.7 Å². The zero-order valence-corrected chi connectivity index (χ0v) is 10.1. The lowest BCUT2D eigenvalue weighted by Gasteiger charge is -2.17. The number of carbonyl (C=O) groups is 1. The average molecular weight is 222 g/mol. The Balaban J connectivity index is 2.52. The summed E-state index contributed by atoms with van der Waals surface area (Å²) in [6, 6.07) is 1.55. The second-order valence-electron chi connectivity index (χ2n) is 4.12. The summed E-state index contributed by atoms with van der Waals surface area (Å²) in [6.45, 7) is 7.86. The quantitative estimate of drug-likeness (QED) is 0.821. The molecule has 88 valence electrons. The van der Waals surface area contributed by atoms with Crippen molar-refractivity contribution in [3.63, 3.8) is 0 Å². The van der Waals surface area contributed by atoms with Crippen LogP contribution in [0.25, 0.3) is 0 Å². The highest BCUT2D eigenvalue weighted by molar-refractivity contribution is 5.88. The second kappa shape index (κ2) is 5.44. The normalized spacial score (nSPS) is 12.3. The SMILES string of the molecule is Cc1nccc(NC(=O)N[C@@H](C)C(C)C)n1. The number of carbonyl (C=O) groups excluding carboxylic acids is 1. The van der Waals surface area contributed by atoms with E-state index in [2.05, 4.69) is 34.4 Å². The minimum Gasteiger partial charge on any atom is -0.335 e. The molecule has 1 rings (SSSR count). The van der Waals surface area contributed by atoms with Crippen LogP contribution in [0.4, 0.5) is 10.6 Å². The van der Waals surface area contributed by atoms with Gasteiger partial charge in [-0.15, -0.1) is 0 Å². The van der Waals surface area contributed by atoms with Gasteiger partial charge in [-0.1, -0.05) is 13.8 Å². The molecular formula is C11H18N4O. The van der Waals surface area contributed by atoms with Crippen LogP contribution in [0.2, 0.25) is 0 Å². The third-order valence-electron chi connectivity index (χ3n) is 2.38. The first-order valence-corrected chi connectivity index (χ1v) is 5.36. The minimum atomic E-state index is -0.237. The highest BCUT2D eigenvalue weighted by atomic mass is 16.2. The summed E-state index contributed by atoms with van der Waals surface area (Å²) < 4.78 is 0. The summed E-state index contributed by atoms with van der Waals surface area (Å²) in [5.41, 5.74) is 0. The van der Waals surface area contributed by atoms with Crippen LogP contribution < -0.4 is 10.6 Å². The second-order valence-corrected chi connectivity index (χ2v) is 4.12. The third kappa shape index (κ3) is 3.84. The number of nitrogens with one attached hydrogen (secondary N) is 2. The molecule has 1 atom stereocenters. The molecule has 1 aromatic rings. The van der Waals surface area contributed by atoms with Gasteiger partial charge in [0.2, 0.25) is 0 Å². The van der Waals surface area contributed by atoms with Crippen LogP contribution in [-0.4, -0.2) is 22.0 Å². The van der Waals surface area contributed by atoms with Crippen LogP contribution in [0.15, 0.2) is 12.3 Å². The van der Waals surface area contributed by atoms with Crippen molar-refractivity contribution in [2.24, 2.45) is 5.92 Å². The first-order chi connectivity index (χ1) is 7.49. The number of aryl methyl sites for hydroxylation is 1. The Labute approximate surface area is 95.7 Å². The van der Waals surface area contributed by atoms with Gasteiger partial charge in [0.15, 0.2) is 0 Å². The molecule has 0 aliphatic heterocycles. The summed E-state index contributed by atoms with van der Waals surface area (Å²) in [5.74, 6) is 1.55. The molecule has 0 aliphatic carbocycles. The fraction of sp³-hybridized carbons (Fsp3) is 0.545. The molecule has 5 heteroatoms. The van der Waals surface area contributed by atoms with E-state index < -0.39 is 0 Å². The van der Waals surface area contributed by atoms with Crippen molar-refractivity contribution >= 4 is 11.8 Å². The maximum Gasteiger partial charge on any atom is 0.320 e. The van der Waals surface area contributed by atoms with Gasteiger partial charge in [-0.3, -0.25) is 5.32 Å². The lowest BCUT2D eigenvalue weighted by atomic mass is 10.1. The standard InChI is InChI=1S/C11H18N4O/c1-7(2)8(3)13-11(16)15-10-5-6-12-9(4)14-10/h5-8H,1-4H3,(H2,12,13,14,15,16)/t8-/m0/s1. The van der Waals surface area contributed by atoms with Crippen molar-refractivity contribution in [1.29, 1.82) is 0 Å². The Hall–Kier alpha value is -1.65. The Bertz CT molecular complexity index is 365. The average Bonchev–Trinajstić information content (AvgIpc) is 2.16. The summed E-state index contributed by atoms with van der Waals surface area (Å²) in [6.07, 6.45) is 1.61. The highest BCUT2D eigenvalue weighted by Crippen LogP contribution is 2.03. The van der Waals surface area contributed by atoms with Gasteiger partial charge in [0, 0.05) is 12.2 Å². The predicted octanol–water partition coefficient (Wildman–Crippen LogP) is 1.95. The lowest BCUT2D eigenvalue weighted by molar-refractivity contribution is 0.246. The number of aromatic nitrogens is 2. The molecule has 0 radical (unpaired) electrons. The smallest absolute Gasteiger partial charge is 0.320 e. The fourth-order valence-corrected chi connectivity index (χ4v) is 1.05. The van der Waals surface area contributed by atoms with E-state index in [1.54, 1.807) is 19.2 Å². The maximum absolute atomic E-state index is 11.6. The Morgan fingerprint density at radius 2 is 2.06 bits per heavy atom. The van der Waals surface area contributed by atoms with Gasteiger partial charge in [-0.05, 0) is 25.8 Å². The summed E-state index contributed by atoms with van der Waals surface area (Å²) in [7, 11) is 0. The van der Waals surface area contributed by atoms with E-state index in [0.717, 1.165) is 0 Å².